The minimum Gasteiger partial charge on any atom is -0.351 e. The molecule has 0 aliphatic carbocycles. The quantitative estimate of drug-likeness (QED) is 0.545. The lowest BCUT2D eigenvalue weighted by Gasteiger charge is -2.08. The van der Waals surface area contributed by atoms with Gasteiger partial charge in [-0.05, 0) is 52.8 Å². The van der Waals surface area contributed by atoms with Crippen LogP contribution in [0.3, 0.4) is 0 Å². The standard InChI is InChI=1S/C17H17FINOS/c1-12-5-4-7-14(16(12)19)17(21)20-9-10-22-11-13-6-2-3-8-15(13)18/h2-8H,9-11H2,1H3,(H,20,21). The number of benzene rings is 2. The van der Waals surface area contributed by atoms with Crippen molar-refractivity contribution in [2.45, 2.75) is 12.7 Å². The van der Waals surface area contributed by atoms with Crippen molar-refractivity contribution in [3.05, 3.63) is 68.5 Å². The van der Waals surface area contributed by atoms with Gasteiger partial charge in [0.15, 0.2) is 0 Å². The zero-order chi connectivity index (χ0) is 15.9. The Hall–Kier alpha value is -1.08. The van der Waals surface area contributed by atoms with Crippen LogP contribution in [0.4, 0.5) is 4.39 Å². The lowest BCUT2D eigenvalue weighted by atomic mass is 10.1. The van der Waals surface area contributed by atoms with Gasteiger partial charge in [-0.1, -0.05) is 30.3 Å². The van der Waals surface area contributed by atoms with Crippen LogP contribution in [0.1, 0.15) is 21.5 Å². The van der Waals surface area contributed by atoms with Gasteiger partial charge in [0.1, 0.15) is 5.82 Å². The largest absolute Gasteiger partial charge is 0.351 e. The van der Waals surface area contributed by atoms with Crippen molar-refractivity contribution >= 4 is 40.3 Å². The van der Waals surface area contributed by atoms with Gasteiger partial charge in [-0.25, -0.2) is 4.39 Å². The fourth-order valence-corrected chi connectivity index (χ4v) is 3.40. The van der Waals surface area contributed by atoms with Crippen LogP contribution < -0.4 is 5.32 Å². The maximum atomic E-state index is 13.4. The maximum absolute atomic E-state index is 13.4. The number of nitrogens with one attached hydrogen (secondary N) is 1. The summed E-state index contributed by atoms with van der Waals surface area (Å²) in [6.07, 6.45) is 0. The van der Waals surface area contributed by atoms with Crippen molar-refractivity contribution in [2.24, 2.45) is 0 Å². The zero-order valence-corrected chi connectivity index (χ0v) is 15.2. The van der Waals surface area contributed by atoms with Crippen LogP contribution in [0.2, 0.25) is 0 Å². The fourth-order valence-electron chi connectivity index (χ4n) is 1.95. The van der Waals surface area contributed by atoms with Gasteiger partial charge >= 0.3 is 0 Å². The van der Waals surface area contributed by atoms with Gasteiger partial charge in [-0.3, -0.25) is 4.79 Å². The normalized spacial score (nSPS) is 10.5. The molecule has 0 saturated carbocycles. The van der Waals surface area contributed by atoms with Crippen molar-refractivity contribution in [1.29, 1.82) is 0 Å². The maximum Gasteiger partial charge on any atom is 0.252 e. The van der Waals surface area contributed by atoms with Gasteiger partial charge < -0.3 is 5.32 Å². The second-order valence-corrected chi connectivity index (χ2v) is 7.02. The Morgan fingerprint density at radius 1 is 1.23 bits per heavy atom. The molecule has 0 spiro atoms. The molecule has 0 radical (unpaired) electrons. The van der Waals surface area contributed by atoms with E-state index in [2.05, 4.69) is 27.9 Å². The summed E-state index contributed by atoms with van der Waals surface area (Å²) in [5.41, 5.74) is 2.51. The van der Waals surface area contributed by atoms with Crippen LogP contribution in [0.5, 0.6) is 0 Å². The van der Waals surface area contributed by atoms with E-state index in [1.807, 2.05) is 31.2 Å². The van der Waals surface area contributed by atoms with E-state index in [9.17, 15) is 9.18 Å². The summed E-state index contributed by atoms with van der Waals surface area (Å²) in [5, 5.41) is 2.91. The van der Waals surface area contributed by atoms with Gasteiger partial charge in [0.05, 0.1) is 5.56 Å². The van der Waals surface area contributed by atoms with E-state index in [0.29, 0.717) is 23.4 Å². The SMILES string of the molecule is Cc1cccc(C(=O)NCCSCc2ccccc2F)c1I. The second kappa shape index (κ2) is 8.53. The smallest absolute Gasteiger partial charge is 0.252 e. The minimum atomic E-state index is -0.173. The molecule has 2 nitrogen and oxygen atoms in total. The highest BCUT2D eigenvalue weighted by atomic mass is 127. The van der Waals surface area contributed by atoms with E-state index in [1.165, 1.54) is 6.07 Å². The van der Waals surface area contributed by atoms with Gasteiger partial charge in [-0.2, -0.15) is 11.8 Å². The molecule has 0 heterocycles. The number of aryl methyl sites for hydroxylation is 1. The van der Waals surface area contributed by atoms with Crippen LogP contribution in [0.25, 0.3) is 0 Å². The van der Waals surface area contributed by atoms with E-state index in [4.69, 9.17) is 0 Å². The topological polar surface area (TPSA) is 29.1 Å². The number of hydrogen-bond donors (Lipinski definition) is 1. The first-order valence-electron chi connectivity index (χ1n) is 6.94. The van der Waals surface area contributed by atoms with Crippen molar-refractivity contribution in [3.63, 3.8) is 0 Å². The molecule has 2 rings (SSSR count). The molecule has 1 N–H and O–H groups in total. The first kappa shape index (κ1) is 17.3. The molecule has 0 aliphatic rings. The third-order valence-electron chi connectivity index (χ3n) is 3.18. The number of rotatable bonds is 6. The first-order valence-corrected chi connectivity index (χ1v) is 9.17. The number of carbonyl (C=O) groups is 1. The molecular formula is C17H17FINOS. The molecule has 2 aromatic carbocycles. The number of carbonyl (C=O) groups excluding carboxylic acids is 1. The molecule has 0 unspecified atom stereocenters. The molecule has 0 bridgehead atoms. The Bertz CT molecular complexity index is 663. The van der Waals surface area contributed by atoms with E-state index in [1.54, 1.807) is 23.9 Å². The molecule has 0 fully saturated rings. The van der Waals surface area contributed by atoms with Crippen molar-refractivity contribution in [1.82, 2.24) is 5.32 Å². The van der Waals surface area contributed by atoms with Gasteiger partial charge in [0.25, 0.3) is 5.91 Å². The van der Waals surface area contributed by atoms with Crippen LogP contribution in [0.15, 0.2) is 42.5 Å². The Labute approximate surface area is 148 Å². The Kier molecular flexibility index (Phi) is 6.70. The average Bonchev–Trinajstić information content (AvgIpc) is 2.51. The monoisotopic (exact) mass is 429 g/mol. The summed E-state index contributed by atoms with van der Waals surface area (Å²) in [6.45, 7) is 2.56. The zero-order valence-electron chi connectivity index (χ0n) is 12.2. The number of thioether (sulfide) groups is 1. The summed E-state index contributed by atoms with van der Waals surface area (Å²) in [4.78, 5) is 12.1. The van der Waals surface area contributed by atoms with Gasteiger partial charge in [0, 0.05) is 21.6 Å². The highest BCUT2D eigenvalue weighted by molar-refractivity contribution is 14.1. The molecule has 116 valence electrons. The average molecular weight is 429 g/mol. The summed E-state index contributed by atoms with van der Waals surface area (Å²) in [5.74, 6) is 1.14. The predicted octanol–water partition coefficient (Wildman–Crippen LogP) is 4.40. The number of halogens is 2. The Morgan fingerprint density at radius 3 is 2.77 bits per heavy atom. The summed E-state index contributed by atoms with van der Waals surface area (Å²) < 4.78 is 14.4. The van der Waals surface area contributed by atoms with Crippen molar-refractivity contribution < 1.29 is 9.18 Å². The van der Waals surface area contributed by atoms with E-state index in [0.717, 1.165) is 14.9 Å². The molecule has 2 aromatic rings. The molecule has 1 amide bonds. The van der Waals surface area contributed by atoms with E-state index < -0.39 is 0 Å². The van der Waals surface area contributed by atoms with Crippen molar-refractivity contribution in [2.75, 3.05) is 12.3 Å². The minimum absolute atomic E-state index is 0.0559. The first-order chi connectivity index (χ1) is 10.6. The van der Waals surface area contributed by atoms with Gasteiger partial charge in [-0.15, -0.1) is 0 Å². The highest BCUT2D eigenvalue weighted by Crippen LogP contribution is 2.17. The lowest BCUT2D eigenvalue weighted by Crippen LogP contribution is -2.26. The molecular weight excluding hydrogens is 412 g/mol. The number of amides is 1. The van der Waals surface area contributed by atoms with Crippen LogP contribution >= 0.6 is 34.4 Å². The third-order valence-corrected chi connectivity index (χ3v) is 5.62. The van der Waals surface area contributed by atoms with Crippen molar-refractivity contribution in [3.8, 4) is 0 Å². The molecule has 0 saturated heterocycles. The Morgan fingerprint density at radius 2 is 2.00 bits per heavy atom. The fraction of sp³-hybridized carbons (Fsp3) is 0.235. The predicted molar refractivity (Wildman–Crippen MR) is 98.8 cm³/mol. The Balaban J connectivity index is 1.76. The van der Waals surface area contributed by atoms with Crippen LogP contribution in [0, 0.1) is 16.3 Å². The van der Waals surface area contributed by atoms with Gasteiger partial charge in [0.2, 0.25) is 0 Å². The third kappa shape index (κ3) is 4.71. The summed E-state index contributed by atoms with van der Waals surface area (Å²) in [7, 11) is 0. The van der Waals surface area contributed by atoms with Crippen LogP contribution in [-0.2, 0) is 5.75 Å². The molecule has 5 heteroatoms. The summed E-state index contributed by atoms with van der Waals surface area (Å²) in [6, 6.07) is 12.5. The summed E-state index contributed by atoms with van der Waals surface area (Å²) >= 11 is 3.80. The molecule has 0 aromatic heterocycles. The molecule has 0 atom stereocenters. The molecule has 0 aliphatic heterocycles. The van der Waals surface area contributed by atoms with E-state index >= 15 is 0 Å². The second-order valence-electron chi connectivity index (χ2n) is 4.84. The number of hydrogen-bond acceptors (Lipinski definition) is 2. The lowest BCUT2D eigenvalue weighted by molar-refractivity contribution is 0.0955. The molecule has 22 heavy (non-hydrogen) atoms. The van der Waals surface area contributed by atoms with Crippen LogP contribution in [-0.4, -0.2) is 18.2 Å². The van der Waals surface area contributed by atoms with E-state index in [-0.39, 0.29) is 11.7 Å². The highest BCUT2D eigenvalue weighted by Gasteiger charge is 2.10.